The number of carbonyl (C=O) groups excluding carboxylic acids is 2. The summed E-state index contributed by atoms with van der Waals surface area (Å²) in [5.74, 6) is -1.49. The van der Waals surface area contributed by atoms with E-state index in [0.717, 1.165) is 10.6 Å². The maximum Gasteiger partial charge on any atom is 0.303 e. The summed E-state index contributed by atoms with van der Waals surface area (Å²) in [6.45, 7) is 0.457. The molecule has 0 bridgehead atoms. The standard InChI is InChI=1S/C14H16N2O4/c17-12-9-15(11-5-2-1-3-6-11)10-13(18)16(12)8-4-7-14(19)20/h1-3,5-6H,4,7-10H2,(H,19,20). The Morgan fingerprint density at radius 1 is 1.10 bits per heavy atom. The van der Waals surface area contributed by atoms with Crippen molar-refractivity contribution < 1.29 is 19.5 Å². The summed E-state index contributed by atoms with van der Waals surface area (Å²) in [5.41, 5.74) is 0.833. The van der Waals surface area contributed by atoms with Crippen molar-refractivity contribution >= 4 is 23.5 Å². The Kier molecular flexibility index (Phi) is 4.34. The average Bonchev–Trinajstić information content (AvgIpc) is 2.42. The van der Waals surface area contributed by atoms with Gasteiger partial charge in [-0.3, -0.25) is 19.3 Å². The molecule has 0 aliphatic carbocycles. The van der Waals surface area contributed by atoms with Gasteiger partial charge in [-0.15, -0.1) is 0 Å². The molecule has 2 rings (SSSR count). The van der Waals surface area contributed by atoms with Gasteiger partial charge in [0.15, 0.2) is 0 Å². The Bertz CT molecular complexity index is 497. The summed E-state index contributed by atoms with van der Waals surface area (Å²) in [5, 5.41) is 8.57. The van der Waals surface area contributed by atoms with Gasteiger partial charge in [-0.25, -0.2) is 0 Å². The van der Waals surface area contributed by atoms with Gasteiger partial charge in [0, 0.05) is 18.7 Å². The number of benzene rings is 1. The van der Waals surface area contributed by atoms with E-state index < -0.39 is 5.97 Å². The zero-order chi connectivity index (χ0) is 14.5. The molecule has 1 aromatic carbocycles. The van der Waals surface area contributed by atoms with E-state index in [-0.39, 0.29) is 44.3 Å². The van der Waals surface area contributed by atoms with Crippen molar-refractivity contribution in [3.8, 4) is 0 Å². The van der Waals surface area contributed by atoms with Crippen LogP contribution in [-0.4, -0.2) is 47.4 Å². The molecular formula is C14H16N2O4. The summed E-state index contributed by atoms with van der Waals surface area (Å²) in [7, 11) is 0. The van der Waals surface area contributed by atoms with Gasteiger partial charge in [-0.2, -0.15) is 0 Å². The third-order valence-electron chi connectivity index (χ3n) is 3.15. The maximum atomic E-state index is 12.0. The molecule has 0 saturated carbocycles. The van der Waals surface area contributed by atoms with Crippen LogP contribution in [0.1, 0.15) is 12.8 Å². The molecule has 106 valence electrons. The average molecular weight is 276 g/mol. The van der Waals surface area contributed by atoms with Crippen LogP contribution in [0.5, 0.6) is 0 Å². The van der Waals surface area contributed by atoms with Crippen molar-refractivity contribution in [3.05, 3.63) is 30.3 Å². The molecule has 2 amide bonds. The number of aliphatic carboxylic acids is 1. The van der Waals surface area contributed by atoms with E-state index in [1.54, 1.807) is 4.90 Å². The van der Waals surface area contributed by atoms with Crippen molar-refractivity contribution in [3.63, 3.8) is 0 Å². The lowest BCUT2D eigenvalue weighted by Gasteiger charge is -2.33. The van der Waals surface area contributed by atoms with Crippen molar-refractivity contribution in [1.29, 1.82) is 0 Å². The van der Waals surface area contributed by atoms with Crippen molar-refractivity contribution in [2.45, 2.75) is 12.8 Å². The largest absolute Gasteiger partial charge is 0.481 e. The molecule has 1 heterocycles. The predicted molar refractivity (Wildman–Crippen MR) is 72.2 cm³/mol. The number of hydrogen-bond acceptors (Lipinski definition) is 4. The Morgan fingerprint density at radius 2 is 1.70 bits per heavy atom. The summed E-state index contributed by atoms with van der Waals surface area (Å²) >= 11 is 0. The molecule has 1 N–H and O–H groups in total. The minimum Gasteiger partial charge on any atom is -0.481 e. The fourth-order valence-corrected chi connectivity index (χ4v) is 2.15. The number of carbonyl (C=O) groups is 3. The highest BCUT2D eigenvalue weighted by Gasteiger charge is 2.30. The van der Waals surface area contributed by atoms with E-state index in [2.05, 4.69) is 0 Å². The number of hydrogen-bond donors (Lipinski definition) is 1. The highest BCUT2D eigenvalue weighted by atomic mass is 16.4. The summed E-state index contributed by atoms with van der Waals surface area (Å²) in [6.07, 6.45) is 0.248. The van der Waals surface area contributed by atoms with Crippen LogP contribution in [0.25, 0.3) is 0 Å². The first-order valence-corrected chi connectivity index (χ1v) is 6.43. The maximum absolute atomic E-state index is 12.0. The second kappa shape index (κ2) is 6.18. The highest BCUT2D eigenvalue weighted by molar-refractivity contribution is 6.02. The van der Waals surface area contributed by atoms with Crippen LogP contribution < -0.4 is 4.90 Å². The minimum atomic E-state index is -0.923. The molecule has 0 radical (unpaired) electrons. The number of carboxylic acid groups (broad SMARTS) is 1. The monoisotopic (exact) mass is 276 g/mol. The molecular weight excluding hydrogens is 260 g/mol. The van der Waals surface area contributed by atoms with E-state index in [9.17, 15) is 14.4 Å². The van der Waals surface area contributed by atoms with Gasteiger partial charge in [0.2, 0.25) is 11.8 Å². The van der Waals surface area contributed by atoms with Crippen LogP contribution in [0.3, 0.4) is 0 Å². The Hall–Kier alpha value is -2.37. The van der Waals surface area contributed by atoms with Crippen molar-refractivity contribution in [1.82, 2.24) is 4.90 Å². The number of para-hydroxylation sites is 1. The summed E-state index contributed by atoms with van der Waals surface area (Å²) in [4.78, 5) is 37.3. The summed E-state index contributed by atoms with van der Waals surface area (Å²) < 4.78 is 0. The molecule has 6 heteroatoms. The zero-order valence-corrected chi connectivity index (χ0v) is 11.0. The highest BCUT2D eigenvalue weighted by Crippen LogP contribution is 2.17. The number of carboxylic acids is 1. The Morgan fingerprint density at radius 3 is 2.25 bits per heavy atom. The molecule has 1 aliphatic rings. The van der Waals surface area contributed by atoms with Crippen LogP contribution in [-0.2, 0) is 14.4 Å². The normalized spacial score (nSPS) is 15.6. The molecule has 6 nitrogen and oxygen atoms in total. The van der Waals surface area contributed by atoms with Gasteiger partial charge in [0.25, 0.3) is 0 Å². The molecule has 20 heavy (non-hydrogen) atoms. The van der Waals surface area contributed by atoms with E-state index in [4.69, 9.17) is 5.11 Å². The number of imide groups is 1. The van der Waals surface area contributed by atoms with Gasteiger partial charge in [0.05, 0.1) is 13.1 Å². The fraction of sp³-hybridized carbons (Fsp3) is 0.357. The smallest absolute Gasteiger partial charge is 0.303 e. The van der Waals surface area contributed by atoms with Gasteiger partial charge in [-0.05, 0) is 18.6 Å². The van der Waals surface area contributed by atoms with Crippen LogP contribution in [0.15, 0.2) is 30.3 Å². The second-order valence-corrected chi connectivity index (χ2v) is 4.63. The van der Waals surface area contributed by atoms with Crippen molar-refractivity contribution in [2.24, 2.45) is 0 Å². The first-order chi connectivity index (χ1) is 9.58. The molecule has 0 aromatic heterocycles. The molecule has 0 unspecified atom stereocenters. The van der Waals surface area contributed by atoms with E-state index in [1.807, 2.05) is 30.3 Å². The zero-order valence-electron chi connectivity index (χ0n) is 11.0. The van der Waals surface area contributed by atoms with Gasteiger partial charge in [0.1, 0.15) is 0 Å². The molecule has 1 fully saturated rings. The predicted octanol–water partition coefficient (Wildman–Crippen LogP) is 0.727. The molecule has 0 spiro atoms. The van der Waals surface area contributed by atoms with E-state index >= 15 is 0 Å². The second-order valence-electron chi connectivity index (χ2n) is 4.63. The van der Waals surface area contributed by atoms with Gasteiger partial charge >= 0.3 is 5.97 Å². The van der Waals surface area contributed by atoms with E-state index in [1.165, 1.54) is 0 Å². The molecule has 0 atom stereocenters. The van der Waals surface area contributed by atoms with Crippen molar-refractivity contribution in [2.75, 3.05) is 24.5 Å². The minimum absolute atomic E-state index is 0.0422. The van der Waals surface area contributed by atoms with Crippen LogP contribution >= 0.6 is 0 Å². The first kappa shape index (κ1) is 14.0. The first-order valence-electron chi connectivity index (χ1n) is 6.43. The Balaban J connectivity index is 1.96. The molecule has 1 saturated heterocycles. The quantitative estimate of drug-likeness (QED) is 0.802. The third kappa shape index (κ3) is 3.34. The number of anilines is 1. The van der Waals surface area contributed by atoms with Gasteiger partial charge < -0.3 is 10.0 Å². The van der Waals surface area contributed by atoms with E-state index in [0.29, 0.717) is 0 Å². The SMILES string of the molecule is O=C(O)CCCN1C(=O)CN(c2ccccc2)CC1=O. The van der Waals surface area contributed by atoms with Gasteiger partial charge in [-0.1, -0.05) is 18.2 Å². The lowest BCUT2D eigenvalue weighted by atomic mass is 10.2. The fourth-order valence-electron chi connectivity index (χ4n) is 2.15. The lowest BCUT2D eigenvalue weighted by molar-refractivity contribution is -0.146. The van der Waals surface area contributed by atoms with Crippen LogP contribution in [0.2, 0.25) is 0 Å². The lowest BCUT2D eigenvalue weighted by Crippen LogP contribution is -2.54. The third-order valence-corrected chi connectivity index (χ3v) is 3.15. The number of amides is 2. The number of piperazine rings is 1. The number of nitrogens with zero attached hydrogens (tertiary/aromatic N) is 2. The van der Waals surface area contributed by atoms with Crippen LogP contribution in [0.4, 0.5) is 5.69 Å². The van der Waals surface area contributed by atoms with Crippen LogP contribution in [0, 0.1) is 0 Å². The molecule has 1 aromatic rings. The Labute approximate surface area is 116 Å². The topological polar surface area (TPSA) is 77.9 Å². The number of rotatable bonds is 5. The molecule has 1 aliphatic heterocycles. The summed E-state index contributed by atoms with van der Waals surface area (Å²) in [6, 6.07) is 9.27.